The lowest BCUT2D eigenvalue weighted by Crippen LogP contribution is -2.30. The molecule has 1 fully saturated rings. The van der Waals surface area contributed by atoms with Crippen molar-refractivity contribution in [1.82, 2.24) is 5.32 Å². The van der Waals surface area contributed by atoms with Crippen LogP contribution in [0.25, 0.3) is 0 Å². The number of halogens is 1. The van der Waals surface area contributed by atoms with E-state index in [4.69, 9.17) is 0 Å². The summed E-state index contributed by atoms with van der Waals surface area (Å²) in [6, 6.07) is 5.09. The Morgan fingerprint density at radius 1 is 1.53 bits per heavy atom. The summed E-state index contributed by atoms with van der Waals surface area (Å²) in [7, 11) is 0. The maximum absolute atomic E-state index is 3.64. The van der Waals surface area contributed by atoms with Gasteiger partial charge < -0.3 is 5.32 Å². The van der Waals surface area contributed by atoms with Gasteiger partial charge in [0.25, 0.3) is 0 Å². The smallest absolute Gasteiger partial charge is 0.0701 e. The number of hydrogen-bond acceptors (Lipinski definition) is 3. The molecule has 2 rings (SSSR count). The van der Waals surface area contributed by atoms with Crippen LogP contribution in [0.2, 0.25) is 0 Å². The standard InChI is InChI=1S/C11H16BrNS2/c1-8-6-9(7-14-8)13-5-4-10-2-3-11(12)15-10/h2-3,8-9,13H,4-7H2,1H3. The molecule has 2 unspecified atom stereocenters. The van der Waals surface area contributed by atoms with Crippen LogP contribution >= 0.6 is 39.0 Å². The monoisotopic (exact) mass is 305 g/mol. The van der Waals surface area contributed by atoms with E-state index in [9.17, 15) is 0 Å². The van der Waals surface area contributed by atoms with Crippen LogP contribution in [0.3, 0.4) is 0 Å². The van der Waals surface area contributed by atoms with E-state index in [1.807, 2.05) is 11.3 Å². The Morgan fingerprint density at radius 3 is 3.00 bits per heavy atom. The van der Waals surface area contributed by atoms with Crippen molar-refractivity contribution in [3.63, 3.8) is 0 Å². The van der Waals surface area contributed by atoms with Crippen LogP contribution in [0.4, 0.5) is 0 Å². The Hall–Kier alpha value is 0.490. The predicted octanol–water partition coefficient (Wildman–Crippen LogP) is 3.54. The average molecular weight is 306 g/mol. The van der Waals surface area contributed by atoms with E-state index in [0.29, 0.717) is 0 Å². The first-order valence-corrected chi connectivity index (χ1v) is 7.99. The molecule has 0 amide bonds. The van der Waals surface area contributed by atoms with Gasteiger partial charge in [0, 0.05) is 28.5 Å². The van der Waals surface area contributed by atoms with Gasteiger partial charge in [-0.25, -0.2) is 0 Å². The van der Waals surface area contributed by atoms with Gasteiger partial charge in [-0.05, 0) is 40.9 Å². The predicted molar refractivity (Wildman–Crippen MR) is 74.1 cm³/mol. The highest BCUT2D eigenvalue weighted by Crippen LogP contribution is 2.26. The Morgan fingerprint density at radius 2 is 2.40 bits per heavy atom. The summed E-state index contributed by atoms with van der Waals surface area (Å²) >= 11 is 7.42. The Kier molecular flexibility index (Phi) is 4.55. The molecule has 0 aromatic carbocycles. The quantitative estimate of drug-likeness (QED) is 0.913. The highest BCUT2D eigenvalue weighted by molar-refractivity contribution is 9.11. The highest BCUT2D eigenvalue weighted by Gasteiger charge is 2.20. The van der Waals surface area contributed by atoms with Gasteiger partial charge in [-0.15, -0.1) is 11.3 Å². The number of thiophene rings is 1. The molecule has 2 heterocycles. The molecule has 0 aliphatic carbocycles. The minimum absolute atomic E-state index is 0.744. The zero-order chi connectivity index (χ0) is 10.7. The van der Waals surface area contributed by atoms with Crippen molar-refractivity contribution in [3.05, 3.63) is 20.8 Å². The molecular formula is C11H16BrNS2. The van der Waals surface area contributed by atoms with Crippen molar-refractivity contribution in [3.8, 4) is 0 Å². The molecule has 0 saturated carbocycles. The van der Waals surface area contributed by atoms with E-state index in [2.05, 4.69) is 52.1 Å². The largest absolute Gasteiger partial charge is 0.313 e. The third kappa shape index (κ3) is 3.77. The second kappa shape index (κ2) is 5.71. The van der Waals surface area contributed by atoms with Crippen LogP contribution in [0.15, 0.2) is 15.9 Å². The molecule has 84 valence electrons. The first-order valence-electron chi connectivity index (χ1n) is 5.33. The Balaban J connectivity index is 1.67. The van der Waals surface area contributed by atoms with E-state index in [0.717, 1.165) is 24.3 Å². The fraction of sp³-hybridized carbons (Fsp3) is 0.636. The molecule has 15 heavy (non-hydrogen) atoms. The van der Waals surface area contributed by atoms with Gasteiger partial charge >= 0.3 is 0 Å². The van der Waals surface area contributed by atoms with Crippen molar-refractivity contribution in [1.29, 1.82) is 0 Å². The molecule has 1 nitrogen and oxygen atoms in total. The summed E-state index contributed by atoms with van der Waals surface area (Å²) in [5.74, 6) is 1.29. The Labute approximate surface area is 108 Å². The molecule has 1 aliphatic heterocycles. The van der Waals surface area contributed by atoms with Gasteiger partial charge in [-0.3, -0.25) is 0 Å². The summed E-state index contributed by atoms with van der Waals surface area (Å²) in [5.41, 5.74) is 0. The van der Waals surface area contributed by atoms with Crippen LogP contribution in [-0.4, -0.2) is 23.6 Å². The molecule has 1 aromatic rings. The van der Waals surface area contributed by atoms with Crippen molar-refractivity contribution in [2.45, 2.75) is 31.1 Å². The fourth-order valence-corrected chi connectivity index (χ4v) is 4.51. The molecule has 2 atom stereocenters. The van der Waals surface area contributed by atoms with E-state index in [1.165, 1.54) is 20.8 Å². The fourth-order valence-electron chi connectivity index (χ4n) is 1.85. The van der Waals surface area contributed by atoms with Gasteiger partial charge in [0.05, 0.1) is 3.79 Å². The molecule has 0 spiro atoms. The third-order valence-electron chi connectivity index (χ3n) is 2.63. The minimum Gasteiger partial charge on any atom is -0.313 e. The zero-order valence-corrected chi connectivity index (χ0v) is 12.1. The van der Waals surface area contributed by atoms with Gasteiger partial charge in [-0.1, -0.05) is 6.92 Å². The van der Waals surface area contributed by atoms with E-state index < -0.39 is 0 Å². The van der Waals surface area contributed by atoms with E-state index in [1.54, 1.807) is 0 Å². The van der Waals surface area contributed by atoms with Crippen molar-refractivity contribution in [2.75, 3.05) is 12.3 Å². The number of hydrogen-bond donors (Lipinski definition) is 1. The van der Waals surface area contributed by atoms with Crippen LogP contribution in [-0.2, 0) is 6.42 Å². The van der Waals surface area contributed by atoms with Crippen LogP contribution < -0.4 is 5.32 Å². The lowest BCUT2D eigenvalue weighted by molar-refractivity contribution is 0.543. The van der Waals surface area contributed by atoms with Crippen LogP contribution in [0.5, 0.6) is 0 Å². The molecule has 1 N–H and O–H groups in total. The summed E-state index contributed by atoms with van der Waals surface area (Å²) in [6.45, 7) is 3.44. The van der Waals surface area contributed by atoms with Gasteiger partial charge in [0.2, 0.25) is 0 Å². The van der Waals surface area contributed by atoms with Crippen LogP contribution in [0, 0.1) is 0 Å². The summed E-state index contributed by atoms with van der Waals surface area (Å²) < 4.78 is 1.24. The second-order valence-electron chi connectivity index (χ2n) is 3.99. The van der Waals surface area contributed by atoms with Crippen molar-refractivity contribution >= 4 is 39.0 Å². The topological polar surface area (TPSA) is 12.0 Å². The number of thioether (sulfide) groups is 1. The Bertz CT molecular complexity index is 313. The van der Waals surface area contributed by atoms with Crippen LogP contribution in [0.1, 0.15) is 18.2 Å². The normalized spacial score (nSPS) is 26.0. The van der Waals surface area contributed by atoms with Gasteiger partial charge in [-0.2, -0.15) is 11.8 Å². The van der Waals surface area contributed by atoms with Gasteiger partial charge in [0.1, 0.15) is 0 Å². The SMILES string of the molecule is CC1CC(NCCc2ccc(Br)s2)CS1. The van der Waals surface area contributed by atoms with Crippen molar-refractivity contribution < 1.29 is 0 Å². The first-order chi connectivity index (χ1) is 7.24. The summed E-state index contributed by atoms with van der Waals surface area (Å²) in [5, 5.41) is 4.49. The molecule has 1 aromatic heterocycles. The molecule has 0 bridgehead atoms. The molecule has 1 saturated heterocycles. The lowest BCUT2D eigenvalue weighted by Gasteiger charge is -2.10. The molecular weight excluding hydrogens is 290 g/mol. The lowest BCUT2D eigenvalue weighted by atomic mass is 10.2. The van der Waals surface area contributed by atoms with Crippen molar-refractivity contribution in [2.24, 2.45) is 0 Å². The molecule has 4 heteroatoms. The highest BCUT2D eigenvalue weighted by atomic mass is 79.9. The van der Waals surface area contributed by atoms with Gasteiger partial charge in [0.15, 0.2) is 0 Å². The summed E-state index contributed by atoms with van der Waals surface area (Å²) in [6.07, 6.45) is 2.49. The average Bonchev–Trinajstić information content (AvgIpc) is 2.76. The molecule has 1 aliphatic rings. The molecule has 0 radical (unpaired) electrons. The zero-order valence-electron chi connectivity index (χ0n) is 8.83. The first kappa shape index (κ1) is 12.0. The second-order valence-corrected chi connectivity index (χ2v) is 8.01. The maximum atomic E-state index is 3.64. The number of nitrogens with one attached hydrogen (secondary N) is 1. The summed E-state index contributed by atoms with van der Waals surface area (Å²) in [4.78, 5) is 1.47. The maximum Gasteiger partial charge on any atom is 0.0701 e. The number of rotatable bonds is 4. The van der Waals surface area contributed by atoms with E-state index >= 15 is 0 Å². The van der Waals surface area contributed by atoms with E-state index in [-0.39, 0.29) is 0 Å². The third-order valence-corrected chi connectivity index (χ3v) is 5.67. The minimum atomic E-state index is 0.744.